The minimum Gasteiger partial charge on any atom is -0.355 e. The van der Waals surface area contributed by atoms with Gasteiger partial charge in [0.1, 0.15) is 0 Å². The van der Waals surface area contributed by atoms with Gasteiger partial charge in [-0.1, -0.05) is 29.8 Å². The zero-order chi connectivity index (χ0) is 11.5. The van der Waals surface area contributed by atoms with Gasteiger partial charge in [-0.2, -0.15) is 0 Å². The third-order valence-electron chi connectivity index (χ3n) is 3.14. The highest BCUT2D eigenvalue weighted by atomic mass is 35.5. The lowest BCUT2D eigenvalue weighted by Crippen LogP contribution is -2.42. The van der Waals surface area contributed by atoms with Crippen LogP contribution >= 0.6 is 11.6 Å². The maximum atomic E-state index is 11.3. The fourth-order valence-corrected chi connectivity index (χ4v) is 2.51. The molecule has 3 nitrogen and oxygen atoms in total. The van der Waals surface area contributed by atoms with Gasteiger partial charge in [-0.15, -0.1) is 0 Å². The van der Waals surface area contributed by atoms with Crippen molar-refractivity contribution in [1.29, 1.82) is 0 Å². The van der Waals surface area contributed by atoms with Crippen LogP contribution in [-0.4, -0.2) is 19.0 Å². The van der Waals surface area contributed by atoms with E-state index < -0.39 is 0 Å². The Hall–Kier alpha value is -1.06. The number of amides is 1. The van der Waals surface area contributed by atoms with Crippen LogP contribution in [0.3, 0.4) is 0 Å². The Balaban J connectivity index is 2.26. The molecule has 0 aliphatic carbocycles. The van der Waals surface area contributed by atoms with Gasteiger partial charge in [0.2, 0.25) is 5.91 Å². The van der Waals surface area contributed by atoms with E-state index in [1.807, 2.05) is 24.3 Å². The molecule has 1 aliphatic heterocycles. The zero-order valence-corrected chi connectivity index (χ0v) is 9.70. The monoisotopic (exact) mass is 238 g/mol. The first-order valence-corrected chi connectivity index (χ1v) is 5.81. The smallest absolute Gasteiger partial charge is 0.220 e. The van der Waals surface area contributed by atoms with E-state index in [2.05, 4.69) is 5.32 Å². The summed E-state index contributed by atoms with van der Waals surface area (Å²) in [6.45, 7) is 1.15. The number of carbonyl (C=O) groups is 1. The van der Waals surface area contributed by atoms with Crippen molar-refractivity contribution in [2.24, 2.45) is 11.7 Å². The maximum absolute atomic E-state index is 11.3. The van der Waals surface area contributed by atoms with Gasteiger partial charge in [-0.05, 0) is 24.1 Å². The molecule has 0 bridgehead atoms. The highest BCUT2D eigenvalue weighted by Crippen LogP contribution is 2.33. The third-order valence-corrected chi connectivity index (χ3v) is 3.49. The lowest BCUT2D eigenvalue weighted by Gasteiger charge is -2.31. The number of hydrogen-bond donors (Lipinski definition) is 2. The van der Waals surface area contributed by atoms with E-state index in [-0.39, 0.29) is 17.7 Å². The summed E-state index contributed by atoms with van der Waals surface area (Å²) in [5, 5.41) is 3.62. The van der Waals surface area contributed by atoms with Crippen LogP contribution in [0.4, 0.5) is 0 Å². The molecule has 4 heteroatoms. The van der Waals surface area contributed by atoms with Crippen LogP contribution in [0.1, 0.15) is 17.9 Å². The minimum atomic E-state index is 0.0822. The van der Waals surface area contributed by atoms with Gasteiger partial charge in [0.15, 0.2) is 0 Å². The van der Waals surface area contributed by atoms with Crippen LogP contribution in [0.2, 0.25) is 5.02 Å². The van der Waals surface area contributed by atoms with Crippen LogP contribution < -0.4 is 11.1 Å². The number of rotatable bonds is 2. The topological polar surface area (TPSA) is 55.1 Å². The highest BCUT2D eigenvalue weighted by Gasteiger charge is 2.30. The van der Waals surface area contributed by atoms with Crippen LogP contribution in [0.25, 0.3) is 0 Å². The Bertz CT molecular complexity index is 394. The van der Waals surface area contributed by atoms with Gasteiger partial charge >= 0.3 is 0 Å². The van der Waals surface area contributed by atoms with E-state index in [9.17, 15) is 4.79 Å². The summed E-state index contributed by atoms with van der Waals surface area (Å²) in [7, 11) is 0. The van der Waals surface area contributed by atoms with Gasteiger partial charge in [0.25, 0.3) is 0 Å². The van der Waals surface area contributed by atoms with Crippen molar-refractivity contribution >= 4 is 17.5 Å². The molecular formula is C12H15ClN2O. The normalized spacial score (nSPS) is 25.2. The second-order valence-corrected chi connectivity index (χ2v) is 4.54. The molecule has 1 aliphatic rings. The molecule has 0 aromatic heterocycles. The molecule has 1 amide bonds. The summed E-state index contributed by atoms with van der Waals surface area (Å²) in [6.07, 6.45) is 0.492. The third kappa shape index (κ3) is 2.20. The lowest BCUT2D eigenvalue weighted by molar-refractivity contribution is -0.123. The molecule has 1 saturated heterocycles. The number of hydrogen-bond acceptors (Lipinski definition) is 2. The summed E-state index contributed by atoms with van der Waals surface area (Å²) < 4.78 is 0. The molecular weight excluding hydrogens is 224 g/mol. The van der Waals surface area contributed by atoms with Gasteiger partial charge < -0.3 is 11.1 Å². The quantitative estimate of drug-likeness (QED) is 0.821. The summed E-state index contributed by atoms with van der Waals surface area (Å²) in [5.74, 6) is 0.504. The molecule has 2 rings (SSSR count). The predicted octanol–water partition coefficient (Wildman–Crippen LogP) is 1.52. The Labute approximate surface area is 100.0 Å². The highest BCUT2D eigenvalue weighted by molar-refractivity contribution is 6.31. The number of halogens is 1. The van der Waals surface area contributed by atoms with Crippen molar-refractivity contribution in [3.63, 3.8) is 0 Å². The molecule has 1 aromatic rings. The molecule has 1 aromatic carbocycles. The molecule has 2 atom stereocenters. The average Bonchev–Trinajstić information content (AvgIpc) is 2.30. The second kappa shape index (κ2) is 4.85. The summed E-state index contributed by atoms with van der Waals surface area (Å²) in [5.41, 5.74) is 6.80. The number of nitrogens with one attached hydrogen (secondary N) is 1. The van der Waals surface area contributed by atoms with Crippen molar-refractivity contribution < 1.29 is 4.79 Å². The summed E-state index contributed by atoms with van der Waals surface area (Å²) >= 11 is 6.16. The number of carbonyl (C=O) groups excluding carboxylic acids is 1. The molecule has 2 unspecified atom stereocenters. The Morgan fingerprint density at radius 3 is 2.88 bits per heavy atom. The molecule has 1 heterocycles. The Morgan fingerprint density at radius 2 is 2.19 bits per heavy atom. The van der Waals surface area contributed by atoms with Crippen molar-refractivity contribution in [3.8, 4) is 0 Å². The number of piperidine rings is 1. The molecule has 86 valence electrons. The van der Waals surface area contributed by atoms with E-state index in [1.165, 1.54) is 0 Å². The van der Waals surface area contributed by atoms with E-state index >= 15 is 0 Å². The van der Waals surface area contributed by atoms with Gasteiger partial charge in [-0.25, -0.2) is 0 Å². The van der Waals surface area contributed by atoms with Crippen LogP contribution in [-0.2, 0) is 4.79 Å². The largest absolute Gasteiger partial charge is 0.355 e. The first-order chi connectivity index (χ1) is 7.72. The Morgan fingerprint density at radius 1 is 1.44 bits per heavy atom. The molecule has 0 saturated carbocycles. The molecule has 16 heavy (non-hydrogen) atoms. The summed E-state index contributed by atoms with van der Waals surface area (Å²) in [4.78, 5) is 11.3. The van der Waals surface area contributed by atoms with E-state index in [0.29, 0.717) is 19.5 Å². The van der Waals surface area contributed by atoms with Gasteiger partial charge in [0, 0.05) is 23.9 Å². The fourth-order valence-electron chi connectivity index (χ4n) is 2.23. The van der Waals surface area contributed by atoms with Crippen LogP contribution in [0.15, 0.2) is 24.3 Å². The maximum Gasteiger partial charge on any atom is 0.220 e. The molecule has 3 N–H and O–H groups in total. The van der Waals surface area contributed by atoms with Crippen molar-refractivity contribution in [1.82, 2.24) is 5.32 Å². The van der Waals surface area contributed by atoms with E-state index in [1.54, 1.807) is 0 Å². The van der Waals surface area contributed by atoms with Crippen molar-refractivity contribution in [3.05, 3.63) is 34.9 Å². The molecule has 1 fully saturated rings. The SMILES string of the molecule is NCC1CC(=O)NCC1c1ccccc1Cl. The Kier molecular flexibility index (Phi) is 3.46. The van der Waals surface area contributed by atoms with Crippen LogP contribution in [0, 0.1) is 5.92 Å². The fraction of sp³-hybridized carbons (Fsp3) is 0.417. The standard InChI is InChI=1S/C12H15ClN2O/c13-11-4-2-1-3-9(11)10-7-15-12(16)5-8(10)6-14/h1-4,8,10H,5-7,14H2,(H,15,16). The minimum absolute atomic E-state index is 0.0822. The molecule has 0 spiro atoms. The van der Waals surface area contributed by atoms with E-state index in [0.717, 1.165) is 10.6 Å². The number of nitrogens with two attached hydrogens (primary N) is 1. The second-order valence-electron chi connectivity index (χ2n) is 4.13. The van der Waals surface area contributed by atoms with Gasteiger partial charge in [0.05, 0.1) is 0 Å². The average molecular weight is 239 g/mol. The summed E-state index contributed by atoms with van der Waals surface area (Å²) in [6, 6.07) is 7.75. The van der Waals surface area contributed by atoms with Crippen molar-refractivity contribution in [2.75, 3.05) is 13.1 Å². The lowest BCUT2D eigenvalue weighted by atomic mass is 9.81. The van der Waals surface area contributed by atoms with Gasteiger partial charge in [-0.3, -0.25) is 4.79 Å². The van der Waals surface area contributed by atoms with Crippen LogP contribution in [0.5, 0.6) is 0 Å². The number of benzene rings is 1. The predicted molar refractivity (Wildman–Crippen MR) is 64.4 cm³/mol. The van der Waals surface area contributed by atoms with E-state index in [4.69, 9.17) is 17.3 Å². The van der Waals surface area contributed by atoms with Crippen molar-refractivity contribution in [2.45, 2.75) is 12.3 Å². The first-order valence-electron chi connectivity index (χ1n) is 5.43. The first kappa shape index (κ1) is 11.4. The zero-order valence-electron chi connectivity index (χ0n) is 8.95. The molecule has 0 radical (unpaired) electrons.